The lowest BCUT2D eigenvalue weighted by atomic mass is 9.94. The van der Waals surface area contributed by atoms with Crippen LogP contribution < -0.4 is 11.2 Å². The normalized spacial score (nSPS) is 15.0. The molecule has 11 nitrogen and oxygen atoms in total. The Kier molecular flexibility index (Phi) is 6.76. The van der Waals surface area contributed by atoms with Gasteiger partial charge in [0.05, 0.1) is 11.9 Å². The Morgan fingerprint density at radius 2 is 2.19 bits per heavy atom. The molecule has 0 radical (unpaired) electrons. The fraction of sp³-hybridized carbons (Fsp3) is 0.400. The minimum absolute atomic E-state index is 0.0578. The second-order valence-electron chi connectivity index (χ2n) is 7.73. The Labute approximate surface area is 189 Å². The van der Waals surface area contributed by atoms with Crippen LogP contribution in [0.25, 0.3) is 5.82 Å². The standard InChI is InChI=1S/C20H24ClN9O2/c1-29(15-8-3-2-4-9-15)12-16-17(24-28-30(16)19-18(22)26-32-27-19)20(31)25-23-11-13-6-5-7-14(21)10-13/h5-7,10-11,15H,2-4,8-9,12H2,1H3,(H2,22,26)(H,25,31)/b23-11+. The first kappa shape index (κ1) is 21.9. The molecule has 0 saturated heterocycles. The summed E-state index contributed by atoms with van der Waals surface area (Å²) in [6, 6.07) is 7.53. The number of hydrogen-bond donors (Lipinski definition) is 2. The molecule has 32 heavy (non-hydrogen) atoms. The van der Waals surface area contributed by atoms with Crippen LogP contribution >= 0.6 is 11.6 Å². The van der Waals surface area contributed by atoms with Crippen LogP contribution in [0.1, 0.15) is 53.8 Å². The minimum atomic E-state index is -0.503. The number of rotatable bonds is 7. The first-order valence-electron chi connectivity index (χ1n) is 10.3. The van der Waals surface area contributed by atoms with Crippen LogP contribution in [0, 0.1) is 0 Å². The van der Waals surface area contributed by atoms with E-state index in [4.69, 9.17) is 22.0 Å². The molecule has 1 aliphatic carbocycles. The van der Waals surface area contributed by atoms with E-state index < -0.39 is 5.91 Å². The maximum Gasteiger partial charge on any atom is 0.293 e. The molecule has 0 aliphatic heterocycles. The molecular weight excluding hydrogens is 434 g/mol. The zero-order chi connectivity index (χ0) is 22.5. The molecule has 1 aliphatic rings. The summed E-state index contributed by atoms with van der Waals surface area (Å²) in [5, 5.41) is 20.2. The van der Waals surface area contributed by atoms with Gasteiger partial charge in [0, 0.05) is 17.6 Å². The fourth-order valence-electron chi connectivity index (χ4n) is 3.82. The Hall–Kier alpha value is -3.31. The highest BCUT2D eigenvalue weighted by atomic mass is 35.5. The number of nitrogens with two attached hydrogens (primary N) is 1. The second-order valence-corrected chi connectivity index (χ2v) is 8.17. The van der Waals surface area contributed by atoms with Gasteiger partial charge in [-0.05, 0) is 47.9 Å². The Balaban J connectivity index is 1.57. The largest absolute Gasteiger partial charge is 0.378 e. The number of hydrogen-bond acceptors (Lipinski definition) is 9. The van der Waals surface area contributed by atoms with Gasteiger partial charge in [-0.1, -0.05) is 48.2 Å². The smallest absolute Gasteiger partial charge is 0.293 e. The summed E-state index contributed by atoms with van der Waals surface area (Å²) in [5.74, 6) is -0.259. The third kappa shape index (κ3) is 4.94. The van der Waals surface area contributed by atoms with Crippen LogP contribution in [0.3, 0.4) is 0 Å². The molecule has 0 spiro atoms. The van der Waals surface area contributed by atoms with Crippen molar-refractivity contribution in [3.63, 3.8) is 0 Å². The Morgan fingerprint density at radius 3 is 2.91 bits per heavy atom. The molecule has 3 aromatic rings. The van der Waals surface area contributed by atoms with Crippen molar-refractivity contribution in [1.82, 2.24) is 35.6 Å². The van der Waals surface area contributed by atoms with E-state index in [0.717, 1.165) is 18.4 Å². The van der Waals surface area contributed by atoms with Gasteiger partial charge >= 0.3 is 0 Å². The number of benzene rings is 1. The first-order chi connectivity index (χ1) is 15.5. The Bertz CT molecular complexity index is 1100. The molecule has 1 amide bonds. The molecule has 1 fully saturated rings. The first-order valence-corrected chi connectivity index (χ1v) is 10.7. The summed E-state index contributed by atoms with van der Waals surface area (Å²) < 4.78 is 6.10. The minimum Gasteiger partial charge on any atom is -0.378 e. The highest BCUT2D eigenvalue weighted by Crippen LogP contribution is 2.24. The lowest BCUT2D eigenvalue weighted by Gasteiger charge is -2.31. The van der Waals surface area contributed by atoms with Gasteiger partial charge in [0.2, 0.25) is 11.6 Å². The van der Waals surface area contributed by atoms with E-state index in [1.165, 1.54) is 30.2 Å². The maximum atomic E-state index is 12.9. The van der Waals surface area contributed by atoms with E-state index in [1.807, 2.05) is 13.1 Å². The van der Waals surface area contributed by atoms with Crippen molar-refractivity contribution in [3.8, 4) is 5.82 Å². The summed E-state index contributed by atoms with van der Waals surface area (Å²) in [6.07, 6.45) is 7.36. The summed E-state index contributed by atoms with van der Waals surface area (Å²) in [7, 11) is 2.02. The average molecular weight is 458 g/mol. The third-order valence-electron chi connectivity index (χ3n) is 5.50. The van der Waals surface area contributed by atoms with Gasteiger partial charge in [-0.25, -0.2) is 10.1 Å². The van der Waals surface area contributed by atoms with Gasteiger partial charge in [0.1, 0.15) is 0 Å². The van der Waals surface area contributed by atoms with E-state index in [9.17, 15) is 4.79 Å². The van der Waals surface area contributed by atoms with Gasteiger partial charge in [-0.15, -0.1) is 5.10 Å². The van der Waals surface area contributed by atoms with Gasteiger partial charge < -0.3 is 5.73 Å². The monoisotopic (exact) mass is 457 g/mol. The number of amides is 1. The molecule has 2 heterocycles. The molecule has 168 valence electrons. The topological polar surface area (TPSA) is 140 Å². The Morgan fingerprint density at radius 1 is 1.38 bits per heavy atom. The lowest BCUT2D eigenvalue weighted by molar-refractivity contribution is 0.0947. The predicted molar refractivity (Wildman–Crippen MR) is 118 cm³/mol. The van der Waals surface area contributed by atoms with Crippen molar-refractivity contribution in [1.29, 1.82) is 0 Å². The van der Waals surface area contributed by atoms with Crippen molar-refractivity contribution >= 4 is 29.5 Å². The van der Waals surface area contributed by atoms with Gasteiger partial charge in [0.15, 0.2) is 5.69 Å². The summed E-state index contributed by atoms with van der Waals surface area (Å²) in [5.41, 5.74) is 9.75. The number of halogens is 1. The molecule has 1 saturated carbocycles. The lowest BCUT2D eigenvalue weighted by Crippen LogP contribution is -2.34. The van der Waals surface area contributed by atoms with Crippen LogP contribution in [-0.4, -0.2) is 55.4 Å². The highest BCUT2D eigenvalue weighted by molar-refractivity contribution is 6.30. The van der Waals surface area contributed by atoms with E-state index in [1.54, 1.807) is 18.2 Å². The molecule has 0 atom stereocenters. The van der Waals surface area contributed by atoms with Crippen molar-refractivity contribution in [2.75, 3.05) is 12.8 Å². The van der Waals surface area contributed by atoms with E-state index in [2.05, 4.69) is 36.1 Å². The zero-order valence-electron chi connectivity index (χ0n) is 17.6. The molecule has 4 rings (SSSR count). The van der Waals surface area contributed by atoms with Gasteiger partial charge in [-0.3, -0.25) is 9.69 Å². The van der Waals surface area contributed by atoms with Crippen molar-refractivity contribution in [2.24, 2.45) is 5.10 Å². The number of nitrogen functional groups attached to an aromatic ring is 1. The molecule has 12 heteroatoms. The van der Waals surface area contributed by atoms with E-state index >= 15 is 0 Å². The zero-order valence-corrected chi connectivity index (χ0v) is 18.4. The number of anilines is 1. The summed E-state index contributed by atoms with van der Waals surface area (Å²) >= 11 is 5.98. The SMILES string of the molecule is CN(Cc1c(C(=O)N/N=C/c2cccc(Cl)c2)nnn1-c1nonc1N)C1CCCCC1. The molecule has 1 aromatic carbocycles. The van der Waals surface area contributed by atoms with E-state index in [-0.39, 0.29) is 17.3 Å². The molecular formula is C20H24ClN9O2. The van der Waals surface area contributed by atoms with Gasteiger partial charge in [0.25, 0.3) is 5.91 Å². The molecule has 2 aromatic heterocycles. The fourth-order valence-corrected chi connectivity index (χ4v) is 4.02. The third-order valence-corrected chi connectivity index (χ3v) is 5.74. The van der Waals surface area contributed by atoms with Crippen LogP contribution in [-0.2, 0) is 6.54 Å². The second kappa shape index (κ2) is 9.88. The van der Waals surface area contributed by atoms with Crippen molar-refractivity contribution in [2.45, 2.75) is 44.7 Å². The van der Waals surface area contributed by atoms with Crippen LogP contribution in [0.15, 0.2) is 34.0 Å². The number of nitrogens with one attached hydrogen (secondary N) is 1. The number of aromatic nitrogens is 5. The molecule has 0 bridgehead atoms. The number of nitrogens with zero attached hydrogens (tertiary/aromatic N) is 7. The molecule has 0 unspecified atom stereocenters. The van der Waals surface area contributed by atoms with E-state index in [0.29, 0.717) is 23.3 Å². The van der Waals surface area contributed by atoms with Crippen LogP contribution in [0.2, 0.25) is 5.02 Å². The van der Waals surface area contributed by atoms with Crippen molar-refractivity contribution in [3.05, 3.63) is 46.2 Å². The maximum absolute atomic E-state index is 12.9. The van der Waals surface area contributed by atoms with Gasteiger partial charge in [-0.2, -0.15) is 9.78 Å². The van der Waals surface area contributed by atoms with Crippen molar-refractivity contribution < 1.29 is 9.42 Å². The number of carbonyl (C=O) groups is 1. The van der Waals surface area contributed by atoms with Crippen LogP contribution in [0.4, 0.5) is 5.82 Å². The number of hydrazone groups is 1. The summed E-state index contributed by atoms with van der Waals surface area (Å²) in [6.45, 7) is 0.421. The number of carbonyl (C=O) groups excluding carboxylic acids is 1. The average Bonchev–Trinajstić information content (AvgIpc) is 3.40. The van der Waals surface area contributed by atoms with Crippen LogP contribution in [0.5, 0.6) is 0 Å². The quantitative estimate of drug-likeness (QED) is 0.407. The predicted octanol–water partition coefficient (Wildman–Crippen LogP) is 2.41. The molecule has 3 N–H and O–H groups in total. The summed E-state index contributed by atoms with van der Waals surface area (Å²) in [4.78, 5) is 15.1. The highest BCUT2D eigenvalue weighted by Gasteiger charge is 2.27.